The summed E-state index contributed by atoms with van der Waals surface area (Å²) in [6.45, 7) is 3.10. The fourth-order valence-electron chi connectivity index (χ4n) is 2.53. The van der Waals surface area contributed by atoms with E-state index in [2.05, 4.69) is 15.2 Å². The first-order valence-corrected chi connectivity index (χ1v) is 8.13. The van der Waals surface area contributed by atoms with Gasteiger partial charge in [0.15, 0.2) is 5.13 Å². The Bertz CT molecular complexity index is 697. The Labute approximate surface area is 138 Å². The number of aromatic nitrogens is 1. The number of ether oxygens (including phenoxy) is 3. The average Bonchev–Trinajstić information content (AvgIpc) is 2.98. The van der Waals surface area contributed by atoms with Crippen molar-refractivity contribution in [1.82, 2.24) is 4.98 Å². The highest BCUT2D eigenvalue weighted by atomic mass is 32.1. The van der Waals surface area contributed by atoms with Gasteiger partial charge in [0.05, 0.1) is 30.7 Å². The maximum absolute atomic E-state index is 11.7. The number of hydrogen-bond donors (Lipinski definition) is 1. The summed E-state index contributed by atoms with van der Waals surface area (Å²) in [7, 11) is 3.10. The molecule has 1 fully saturated rings. The summed E-state index contributed by atoms with van der Waals surface area (Å²) in [5, 5.41) is 3.30. The van der Waals surface area contributed by atoms with E-state index in [-0.39, 0.29) is 12.5 Å². The number of morpholine rings is 1. The largest absolute Gasteiger partial charge is 0.494 e. The van der Waals surface area contributed by atoms with Gasteiger partial charge in [0.1, 0.15) is 17.9 Å². The third kappa shape index (κ3) is 3.39. The van der Waals surface area contributed by atoms with Gasteiger partial charge in [-0.05, 0) is 12.1 Å². The van der Waals surface area contributed by atoms with Crippen LogP contribution in [0.15, 0.2) is 12.1 Å². The first-order chi connectivity index (χ1) is 11.2. The topological polar surface area (TPSA) is 72.9 Å². The zero-order valence-corrected chi connectivity index (χ0v) is 13.9. The van der Waals surface area contributed by atoms with Crippen molar-refractivity contribution in [2.45, 2.75) is 0 Å². The van der Waals surface area contributed by atoms with Gasteiger partial charge in [0, 0.05) is 20.2 Å². The molecule has 8 heteroatoms. The van der Waals surface area contributed by atoms with Crippen LogP contribution in [-0.4, -0.2) is 58.0 Å². The number of anilines is 2. The van der Waals surface area contributed by atoms with Gasteiger partial charge in [-0.15, -0.1) is 0 Å². The lowest BCUT2D eigenvalue weighted by molar-refractivity contribution is -0.119. The van der Waals surface area contributed by atoms with Crippen LogP contribution in [0.5, 0.6) is 5.75 Å². The van der Waals surface area contributed by atoms with Crippen LogP contribution in [0.2, 0.25) is 0 Å². The van der Waals surface area contributed by atoms with Crippen LogP contribution < -0.4 is 15.0 Å². The van der Waals surface area contributed by atoms with E-state index in [1.165, 1.54) is 18.4 Å². The number of fused-ring (bicyclic) bond motifs is 1. The second-order valence-electron chi connectivity index (χ2n) is 5.06. The lowest BCUT2D eigenvalue weighted by Gasteiger charge is -2.29. The van der Waals surface area contributed by atoms with Crippen LogP contribution in [0.4, 0.5) is 10.8 Å². The highest BCUT2D eigenvalue weighted by Crippen LogP contribution is 2.39. The molecule has 0 unspecified atom stereocenters. The number of nitrogens with zero attached hydrogens (tertiary/aromatic N) is 2. The molecule has 1 aliphatic rings. The van der Waals surface area contributed by atoms with Gasteiger partial charge in [-0.25, -0.2) is 4.98 Å². The molecule has 1 aromatic carbocycles. The van der Waals surface area contributed by atoms with Crippen molar-refractivity contribution in [3.63, 3.8) is 0 Å². The third-order valence-corrected chi connectivity index (χ3v) is 4.57. The predicted octanol–water partition coefficient (Wildman–Crippen LogP) is 1.73. The second-order valence-corrected chi connectivity index (χ2v) is 6.06. The van der Waals surface area contributed by atoms with Gasteiger partial charge in [-0.3, -0.25) is 10.1 Å². The minimum atomic E-state index is -0.224. The fourth-order valence-corrected chi connectivity index (χ4v) is 3.57. The van der Waals surface area contributed by atoms with E-state index in [1.807, 2.05) is 12.1 Å². The van der Waals surface area contributed by atoms with Crippen molar-refractivity contribution >= 4 is 38.3 Å². The first-order valence-electron chi connectivity index (χ1n) is 7.32. The number of hydrogen-bond acceptors (Lipinski definition) is 7. The standard InChI is InChI=1S/C15H19N3O4S/c1-20-9-12(19)16-15-17-13-11(21-2)4-3-10(14(13)23-15)18-5-7-22-8-6-18/h3-4H,5-9H2,1-2H3,(H,16,17,19). The molecule has 0 aliphatic carbocycles. The molecule has 7 nitrogen and oxygen atoms in total. The quantitative estimate of drug-likeness (QED) is 0.896. The van der Waals surface area contributed by atoms with E-state index < -0.39 is 0 Å². The van der Waals surface area contributed by atoms with Crippen LogP contribution >= 0.6 is 11.3 Å². The van der Waals surface area contributed by atoms with Gasteiger partial charge in [0.25, 0.3) is 5.91 Å². The number of amides is 1. The SMILES string of the molecule is COCC(=O)Nc1nc2c(OC)ccc(N3CCOCC3)c2s1. The van der Waals surface area contributed by atoms with Crippen LogP contribution in [0, 0.1) is 0 Å². The van der Waals surface area contributed by atoms with E-state index in [0.717, 1.165) is 29.0 Å². The summed E-state index contributed by atoms with van der Waals surface area (Å²) in [5.74, 6) is 0.471. The lowest BCUT2D eigenvalue weighted by atomic mass is 10.2. The number of carbonyl (C=O) groups excluding carboxylic acids is 1. The Kier molecular flexibility index (Phi) is 4.94. The normalized spacial score (nSPS) is 15.0. The molecular formula is C15H19N3O4S. The fraction of sp³-hybridized carbons (Fsp3) is 0.467. The lowest BCUT2D eigenvalue weighted by Crippen LogP contribution is -2.36. The molecule has 0 saturated carbocycles. The van der Waals surface area contributed by atoms with Crippen molar-refractivity contribution in [3.05, 3.63) is 12.1 Å². The number of thiazole rings is 1. The minimum absolute atomic E-state index is 0.00335. The minimum Gasteiger partial charge on any atom is -0.494 e. The van der Waals surface area contributed by atoms with Crippen molar-refractivity contribution in [2.24, 2.45) is 0 Å². The third-order valence-electron chi connectivity index (χ3n) is 3.58. The summed E-state index contributed by atoms with van der Waals surface area (Å²) >= 11 is 1.44. The monoisotopic (exact) mass is 337 g/mol. The summed E-state index contributed by atoms with van der Waals surface area (Å²) in [6, 6.07) is 3.94. The first kappa shape index (κ1) is 16.0. The number of nitrogens with one attached hydrogen (secondary N) is 1. The molecular weight excluding hydrogens is 318 g/mol. The molecule has 1 saturated heterocycles. The van der Waals surface area contributed by atoms with E-state index in [9.17, 15) is 4.79 Å². The van der Waals surface area contributed by atoms with Gasteiger partial charge < -0.3 is 19.1 Å². The van der Waals surface area contributed by atoms with Crippen LogP contribution in [-0.2, 0) is 14.3 Å². The van der Waals surface area contributed by atoms with Crippen molar-refractivity contribution in [1.29, 1.82) is 0 Å². The maximum atomic E-state index is 11.7. The molecule has 2 heterocycles. The highest BCUT2D eigenvalue weighted by molar-refractivity contribution is 7.23. The molecule has 1 aliphatic heterocycles. The number of methoxy groups -OCH3 is 2. The zero-order chi connectivity index (χ0) is 16.2. The molecule has 2 aromatic rings. The Morgan fingerprint density at radius 2 is 2.17 bits per heavy atom. The van der Waals surface area contributed by atoms with Crippen molar-refractivity contribution in [2.75, 3.05) is 57.3 Å². The smallest absolute Gasteiger partial charge is 0.252 e. The molecule has 1 amide bonds. The van der Waals surface area contributed by atoms with Gasteiger partial charge in [0.2, 0.25) is 0 Å². The molecule has 1 N–H and O–H groups in total. The second kappa shape index (κ2) is 7.12. The average molecular weight is 337 g/mol. The Morgan fingerprint density at radius 3 is 2.87 bits per heavy atom. The van der Waals surface area contributed by atoms with Crippen molar-refractivity contribution < 1.29 is 19.0 Å². The molecule has 0 radical (unpaired) electrons. The van der Waals surface area contributed by atoms with Crippen molar-refractivity contribution in [3.8, 4) is 5.75 Å². The van der Waals surface area contributed by atoms with E-state index in [0.29, 0.717) is 24.1 Å². The molecule has 0 atom stereocenters. The molecule has 23 heavy (non-hydrogen) atoms. The van der Waals surface area contributed by atoms with E-state index >= 15 is 0 Å². The van der Waals surface area contributed by atoms with Crippen LogP contribution in [0.25, 0.3) is 10.2 Å². The number of rotatable bonds is 5. The van der Waals surface area contributed by atoms with Gasteiger partial charge >= 0.3 is 0 Å². The zero-order valence-electron chi connectivity index (χ0n) is 13.1. The van der Waals surface area contributed by atoms with Crippen LogP contribution in [0.1, 0.15) is 0 Å². The summed E-state index contributed by atoms with van der Waals surface area (Å²) in [5.41, 5.74) is 1.85. The number of benzene rings is 1. The molecule has 3 rings (SSSR count). The van der Waals surface area contributed by atoms with Gasteiger partial charge in [-0.2, -0.15) is 0 Å². The maximum Gasteiger partial charge on any atom is 0.252 e. The van der Waals surface area contributed by atoms with E-state index in [1.54, 1.807) is 7.11 Å². The molecule has 124 valence electrons. The predicted molar refractivity (Wildman–Crippen MR) is 89.7 cm³/mol. The molecule has 0 spiro atoms. The van der Waals surface area contributed by atoms with E-state index in [4.69, 9.17) is 14.2 Å². The molecule has 0 bridgehead atoms. The molecule has 1 aromatic heterocycles. The van der Waals surface area contributed by atoms with Gasteiger partial charge in [-0.1, -0.05) is 11.3 Å². The summed E-state index contributed by atoms with van der Waals surface area (Å²) in [6.07, 6.45) is 0. The number of carbonyl (C=O) groups is 1. The summed E-state index contributed by atoms with van der Waals surface area (Å²) < 4.78 is 16.6. The Hall–Kier alpha value is -1.90. The Morgan fingerprint density at radius 1 is 1.39 bits per heavy atom. The highest BCUT2D eigenvalue weighted by Gasteiger charge is 2.19. The van der Waals surface area contributed by atoms with Crippen LogP contribution in [0.3, 0.4) is 0 Å². The Balaban J connectivity index is 1.97. The summed E-state index contributed by atoms with van der Waals surface area (Å²) in [4.78, 5) is 18.5.